The van der Waals surface area contributed by atoms with Gasteiger partial charge in [-0.25, -0.2) is 4.79 Å². The summed E-state index contributed by atoms with van der Waals surface area (Å²) in [7, 11) is 1.36. The van der Waals surface area contributed by atoms with Crippen LogP contribution in [0.25, 0.3) is 11.0 Å². The Bertz CT molecular complexity index is 519. The fraction of sp³-hybridized carbons (Fsp3) is 0.364. The average Bonchev–Trinajstić information content (AvgIpc) is 2.69. The molecule has 0 radical (unpaired) electrons. The Kier molecular flexibility index (Phi) is 2.85. The molecule has 84 valence electrons. The molecule has 0 saturated carbocycles. The molecule has 0 atom stereocenters. The van der Waals surface area contributed by atoms with E-state index in [9.17, 15) is 4.79 Å². The number of aromatic nitrogens is 3. The Morgan fingerprint density at radius 1 is 1.38 bits per heavy atom. The fourth-order valence-corrected chi connectivity index (χ4v) is 1.50. The lowest BCUT2D eigenvalue weighted by Gasteiger charge is -1.96. The van der Waals surface area contributed by atoms with Crippen molar-refractivity contribution in [2.75, 3.05) is 7.11 Å². The van der Waals surface area contributed by atoms with Gasteiger partial charge in [-0.1, -0.05) is 6.92 Å². The van der Waals surface area contributed by atoms with Crippen molar-refractivity contribution in [1.82, 2.24) is 15.0 Å². The summed E-state index contributed by atoms with van der Waals surface area (Å²) >= 11 is 0. The second kappa shape index (κ2) is 4.30. The molecule has 5 nitrogen and oxygen atoms in total. The summed E-state index contributed by atoms with van der Waals surface area (Å²) in [5.74, 6) is -0.355. The SMILES string of the molecule is CCCn1nc2ccc(C(=O)OC)cc2n1. The topological polar surface area (TPSA) is 57.0 Å². The smallest absolute Gasteiger partial charge is 0.337 e. The van der Waals surface area contributed by atoms with E-state index in [2.05, 4.69) is 21.9 Å². The Morgan fingerprint density at radius 3 is 2.81 bits per heavy atom. The van der Waals surface area contributed by atoms with Gasteiger partial charge in [-0.2, -0.15) is 15.0 Å². The van der Waals surface area contributed by atoms with Gasteiger partial charge in [0.25, 0.3) is 0 Å². The highest BCUT2D eigenvalue weighted by atomic mass is 16.5. The molecule has 0 spiro atoms. The van der Waals surface area contributed by atoms with Gasteiger partial charge in [0.05, 0.1) is 19.2 Å². The monoisotopic (exact) mass is 219 g/mol. The van der Waals surface area contributed by atoms with E-state index in [1.807, 2.05) is 0 Å². The molecule has 0 amide bonds. The van der Waals surface area contributed by atoms with Crippen molar-refractivity contribution in [3.63, 3.8) is 0 Å². The van der Waals surface area contributed by atoms with Crippen LogP contribution in [0, 0.1) is 0 Å². The molecular weight excluding hydrogens is 206 g/mol. The van der Waals surface area contributed by atoms with E-state index in [1.165, 1.54) is 7.11 Å². The lowest BCUT2D eigenvalue weighted by Crippen LogP contribution is -2.00. The van der Waals surface area contributed by atoms with E-state index in [1.54, 1.807) is 23.0 Å². The molecule has 0 N–H and O–H groups in total. The Hall–Kier alpha value is -1.91. The molecular formula is C11H13N3O2. The van der Waals surface area contributed by atoms with Gasteiger partial charge in [-0.15, -0.1) is 0 Å². The van der Waals surface area contributed by atoms with Crippen molar-refractivity contribution in [1.29, 1.82) is 0 Å². The second-order valence-electron chi connectivity index (χ2n) is 3.49. The Labute approximate surface area is 93.0 Å². The maximum absolute atomic E-state index is 11.3. The number of benzene rings is 1. The predicted molar refractivity (Wildman–Crippen MR) is 59.2 cm³/mol. The highest BCUT2D eigenvalue weighted by molar-refractivity contribution is 5.93. The van der Waals surface area contributed by atoms with E-state index < -0.39 is 0 Å². The molecule has 0 aliphatic rings. The largest absolute Gasteiger partial charge is 0.465 e. The second-order valence-corrected chi connectivity index (χ2v) is 3.49. The van der Waals surface area contributed by atoms with Gasteiger partial charge < -0.3 is 4.74 Å². The molecule has 2 rings (SSSR count). The Morgan fingerprint density at radius 2 is 2.12 bits per heavy atom. The molecule has 1 heterocycles. The summed E-state index contributed by atoms with van der Waals surface area (Å²) in [5.41, 5.74) is 2.01. The molecule has 0 bridgehead atoms. The van der Waals surface area contributed by atoms with Crippen LogP contribution in [0.5, 0.6) is 0 Å². The number of carbonyl (C=O) groups is 1. The molecule has 5 heteroatoms. The quantitative estimate of drug-likeness (QED) is 0.736. The lowest BCUT2D eigenvalue weighted by atomic mass is 10.2. The maximum Gasteiger partial charge on any atom is 0.337 e. The van der Waals surface area contributed by atoms with Crippen LogP contribution in [0.15, 0.2) is 18.2 Å². The predicted octanol–water partition coefficient (Wildman–Crippen LogP) is 1.63. The number of fused-ring (bicyclic) bond motifs is 1. The van der Waals surface area contributed by atoms with Gasteiger partial charge in [0, 0.05) is 0 Å². The van der Waals surface area contributed by atoms with Gasteiger partial charge in [-0.05, 0) is 24.6 Å². The highest BCUT2D eigenvalue weighted by Gasteiger charge is 2.08. The lowest BCUT2D eigenvalue weighted by molar-refractivity contribution is 0.0601. The fourth-order valence-electron chi connectivity index (χ4n) is 1.50. The molecule has 1 aromatic heterocycles. The summed E-state index contributed by atoms with van der Waals surface area (Å²) in [5, 5.41) is 8.56. The molecule has 0 aliphatic heterocycles. The number of hydrogen-bond donors (Lipinski definition) is 0. The van der Waals surface area contributed by atoms with Crippen molar-refractivity contribution in [2.45, 2.75) is 19.9 Å². The summed E-state index contributed by atoms with van der Waals surface area (Å²) in [4.78, 5) is 13.0. The minimum Gasteiger partial charge on any atom is -0.465 e. The van der Waals surface area contributed by atoms with Gasteiger partial charge >= 0.3 is 5.97 Å². The third kappa shape index (κ3) is 1.88. The van der Waals surface area contributed by atoms with Crippen LogP contribution in [0.1, 0.15) is 23.7 Å². The van der Waals surface area contributed by atoms with Gasteiger partial charge in [0.1, 0.15) is 11.0 Å². The molecule has 0 unspecified atom stereocenters. The van der Waals surface area contributed by atoms with E-state index >= 15 is 0 Å². The molecule has 0 fully saturated rings. The van der Waals surface area contributed by atoms with Crippen molar-refractivity contribution in [3.8, 4) is 0 Å². The first-order valence-electron chi connectivity index (χ1n) is 5.18. The number of methoxy groups -OCH3 is 1. The van der Waals surface area contributed by atoms with Crippen LogP contribution in [-0.4, -0.2) is 28.1 Å². The minimum atomic E-state index is -0.355. The zero-order chi connectivity index (χ0) is 11.5. The first kappa shape index (κ1) is 10.6. The Balaban J connectivity index is 2.41. The number of esters is 1. The van der Waals surface area contributed by atoms with E-state index in [-0.39, 0.29) is 5.97 Å². The third-order valence-corrected chi connectivity index (χ3v) is 2.27. The zero-order valence-corrected chi connectivity index (χ0v) is 9.30. The number of rotatable bonds is 3. The van der Waals surface area contributed by atoms with Gasteiger partial charge in [0.15, 0.2) is 0 Å². The molecule has 0 aliphatic carbocycles. The molecule has 2 aromatic rings. The highest BCUT2D eigenvalue weighted by Crippen LogP contribution is 2.12. The molecule has 0 saturated heterocycles. The maximum atomic E-state index is 11.3. The van der Waals surface area contributed by atoms with E-state index in [0.717, 1.165) is 24.0 Å². The summed E-state index contributed by atoms with van der Waals surface area (Å²) < 4.78 is 4.65. The van der Waals surface area contributed by atoms with Gasteiger partial charge in [0.2, 0.25) is 0 Å². The minimum absolute atomic E-state index is 0.355. The van der Waals surface area contributed by atoms with E-state index in [0.29, 0.717) is 5.56 Å². The van der Waals surface area contributed by atoms with Crippen LogP contribution in [-0.2, 0) is 11.3 Å². The van der Waals surface area contributed by atoms with Crippen LogP contribution < -0.4 is 0 Å². The first-order chi connectivity index (χ1) is 7.74. The van der Waals surface area contributed by atoms with Crippen LogP contribution in [0.3, 0.4) is 0 Å². The number of ether oxygens (including phenoxy) is 1. The van der Waals surface area contributed by atoms with Crippen molar-refractivity contribution in [3.05, 3.63) is 23.8 Å². The van der Waals surface area contributed by atoms with E-state index in [4.69, 9.17) is 0 Å². The van der Waals surface area contributed by atoms with Crippen LogP contribution in [0.4, 0.5) is 0 Å². The normalized spacial score (nSPS) is 10.6. The standard InChI is InChI=1S/C11H13N3O2/c1-3-6-14-12-9-5-4-8(11(15)16-2)7-10(9)13-14/h4-5,7H,3,6H2,1-2H3. The van der Waals surface area contributed by atoms with Crippen LogP contribution >= 0.6 is 0 Å². The average molecular weight is 219 g/mol. The molecule has 1 aromatic carbocycles. The van der Waals surface area contributed by atoms with Crippen molar-refractivity contribution >= 4 is 17.0 Å². The summed E-state index contributed by atoms with van der Waals surface area (Å²) in [6.07, 6.45) is 0.977. The first-order valence-corrected chi connectivity index (χ1v) is 5.18. The van der Waals surface area contributed by atoms with Crippen molar-refractivity contribution in [2.24, 2.45) is 0 Å². The number of hydrogen-bond acceptors (Lipinski definition) is 4. The summed E-state index contributed by atoms with van der Waals surface area (Å²) in [6, 6.07) is 5.17. The third-order valence-electron chi connectivity index (χ3n) is 2.27. The number of carbonyl (C=O) groups excluding carboxylic acids is 1. The number of nitrogens with zero attached hydrogens (tertiary/aromatic N) is 3. The number of aryl methyl sites for hydroxylation is 1. The van der Waals surface area contributed by atoms with Gasteiger partial charge in [-0.3, -0.25) is 0 Å². The van der Waals surface area contributed by atoms with Crippen LogP contribution in [0.2, 0.25) is 0 Å². The van der Waals surface area contributed by atoms with Crippen molar-refractivity contribution < 1.29 is 9.53 Å². The zero-order valence-electron chi connectivity index (χ0n) is 9.30. The summed E-state index contributed by atoms with van der Waals surface area (Å²) in [6.45, 7) is 2.84. The molecule has 16 heavy (non-hydrogen) atoms.